The first kappa shape index (κ1) is 14.4. The van der Waals surface area contributed by atoms with Crippen LogP contribution in [0.5, 0.6) is 0 Å². The zero-order chi connectivity index (χ0) is 14.6. The van der Waals surface area contributed by atoms with Gasteiger partial charge in [-0.15, -0.1) is 0 Å². The molecular weight excluding hydrogens is 269 g/mol. The largest absolute Gasteiger partial charge is 0.454 e. The molecule has 0 amide bonds. The van der Waals surface area contributed by atoms with Gasteiger partial charge < -0.3 is 9.80 Å². The fourth-order valence-corrected chi connectivity index (χ4v) is 2.04. The van der Waals surface area contributed by atoms with Gasteiger partial charge in [-0.05, 0) is 12.1 Å². The number of carbonyl (C=O) groups excluding carboxylic acids is 1. The number of rotatable bonds is 3. The Morgan fingerprint density at radius 1 is 1.05 bits per heavy atom. The van der Waals surface area contributed by atoms with Crippen molar-refractivity contribution >= 4 is 11.5 Å². The van der Waals surface area contributed by atoms with Crippen molar-refractivity contribution in [1.29, 1.82) is 0 Å². The van der Waals surface area contributed by atoms with Gasteiger partial charge in [0.25, 0.3) is 5.78 Å². The molecule has 1 fully saturated rings. The molecule has 0 aliphatic carbocycles. The van der Waals surface area contributed by atoms with Crippen LogP contribution < -0.4 is 4.90 Å². The Morgan fingerprint density at radius 3 is 2.20 bits per heavy atom. The minimum Gasteiger partial charge on any atom is -0.374 e. The first-order valence-electron chi connectivity index (χ1n) is 6.30. The first-order valence-corrected chi connectivity index (χ1v) is 6.30. The molecule has 1 aromatic rings. The Labute approximate surface area is 115 Å². The average molecular weight is 284 g/mol. The van der Waals surface area contributed by atoms with Crippen LogP contribution >= 0.6 is 0 Å². The molecule has 1 aromatic carbocycles. The maximum atomic E-state index is 12.1. The number of nitrogens with zero attached hydrogens (tertiary/aromatic N) is 2. The summed E-state index contributed by atoms with van der Waals surface area (Å²) in [6.45, 7) is 2.62. The molecule has 20 heavy (non-hydrogen) atoms. The SMILES string of the molecule is O=C(C=CN1CCN(c2ccccc2)CC1)C(F)(F)F. The van der Waals surface area contributed by atoms with Crippen molar-refractivity contribution in [3.05, 3.63) is 42.6 Å². The Hall–Kier alpha value is -1.98. The Balaban J connectivity index is 1.86. The van der Waals surface area contributed by atoms with E-state index in [4.69, 9.17) is 0 Å². The zero-order valence-corrected chi connectivity index (χ0v) is 10.8. The topological polar surface area (TPSA) is 23.6 Å². The van der Waals surface area contributed by atoms with Crippen molar-refractivity contribution in [3.63, 3.8) is 0 Å². The number of allylic oxidation sites excluding steroid dienone is 1. The zero-order valence-electron chi connectivity index (χ0n) is 10.8. The molecule has 1 saturated heterocycles. The molecule has 0 unspecified atom stereocenters. The number of benzene rings is 1. The van der Waals surface area contributed by atoms with E-state index in [0.29, 0.717) is 32.3 Å². The summed E-state index contributed by atoms with van der Waals surface area (Å²) in [6, 6.07) is 9.83. The second kappa shape index (κ2) is 5.98. The molecule has 0 N–H and O–H groups in total. The van der Waals surface area contributed by atoms with Gasteiger partial charge >= 0.3 is 6.18 Å². The minimum atomic E-state index is -4.79. The fraction of sp³-hybridized carbons (Fsp3) is 0.357. The van der Waals surface area contributed by atoms with E-state index in [9.17, 15) is 18.0 Å². The summed E-state index contributed by atoms with van der Waals surface area (Å²) in [5, 5.41) is 0. The Bertz CT molecular complexity index is 477. The first-order chi connectivity index (χ1) is 9.47. The lowest BCUT2D eigenvalue weighted by Crippen LogP contribution is -2.44. The molecule has 108 valence electrons. The maximum Gasteiger partial charge on any atom is 0.454 e. The minimum absolute atomic E-state index is 0.594. The molecule has 0 saturated carbocycles. The van der Waals surface area contributed by atoms with Crippen molar-refractivity contribution in [1.82, 2.24) is 4.90 Å². The summed E-state index contributed by atoms with van der Waals surface area (Å²) in [6.07, 6.45) is -2.96. The highest BCUT2D eigenvalue weighted by molar-refractivity contribution is 5.94. The lowest BCUT2D eigenvalue weighted by Gasteiger charge is -2.35. The van der Waals surface area contributed by atoms with E-state index < -0.39 is 12.0 Å². The second-order valence-corrected chi connectivity index (χ2v) is 4.54. The van der Waals surface area contributed by atoms with Crippen LogP contribution in [0.4, 0.5) is 18.9 Å². The van der Waals surface area contributed by atoms with Crippen LogP contribution in [0.25, 0.3) is 0 Å². The summed E-state index contributed by atoms with van der Waals surface area (Å²) in [7, 11) is 0. The highest BCUT2D eigenvalue weighted by atomic mass is 19.4. The number of halogens is 3. The van der Waals surface area contributed by atoms with Crippen molar-refractivity contribution in [3.8, 4) is 0 Å². The van der Waals surface area contributed by atoms with Crippen molar-refractivity contribution < 1.29 is 18.0 Å². The van der Waals surface area contributed by atoms with Gasteiger partial charge in [0.15, 0.2) is 0 Å². The second-order valence-electron chi connectivity index (χ2n) is 4.54. The van der Waals surface area contributed by atoms with E-state index in [0.717, 1.165) is 5.69 Å². The summed E-state index contributed by atoms with van der Waals surface area (Å²) < 4.78 is 36.2. The summed E-state index contributed by atoms with van der Waals surface area (Å²) in [5.41, 5.74) is 1.10. The predicted octanol–water partition coefficient (Wildman–Crippen LogP) is 2.45. The highest BCUT2D eigenvalue weighted by Gasteiger charge is 2.36. The third kappa shape index (κ3) is 3.76. The molecular formula is C14H15F3N2O. The third-order valence-electron chi connectivity index (χ3n) is 3.15. The van der Waals surface area contributed by atoms with Crippen LogP contribution in [0.3, 0.4) is 0 Å². The molecule has 1 heterocycles. The van der Waals surface area contributed by atoms with Crippen LogP contribution in [0, 0.1) is 0 Å². The number of piperazine rings is 1. The van der Waals surface area contributed by atoms with Crippen molar-refractivity contribution in [2.75, 3.05) is 31.1 Å². The number of carbonyl (C=O) groups is 1. The monoisotopic (exact) mass is 284 g/mol. The number of hydrogen-bond donors (Lipinski definition) is 0. The molecule has 0 aromatic heterocycles. The Morgan fingerprint density at radius 2 is 1.65 bits per heavy atom. The summed E-state index contributed by atoms with van der Waals surface area (Å²) in [4.78, 5) is 14.6. The normalized spacial score (nSPS) is 16.8. The number of hydrogen-bond acceptors (Lipinski definition) is 3. The van der Waals surface area contributed by atoms with Crippen LogP contribution in [0.2, 0.25) is 0 Å². The number of ketones is 1. The van der Waals surface area contributed by atoms with Crippen LogP contribution in [-0.2, 0) is 4.79 Å². The van der Waals surface area contributed by atoms with Gasteiger partial charge in [0.1, 0.15) is 0 Å². The summed E-state index contributed by atoms with van der Waals surface area (Å²) >= 11 is 0. The van der Waals surface area contributed by atoms with Gasteiger partial charge in [-0.1, -0.05) is 18.2 Å². The number of para-hydroxylation sites is 1. The van der Waals surface area contributed by atoms with Crippen LogP contribution in [0.15, 0.2) is 42.6 Å². The van der Waals surface area contributed by atoms with Crippen molar-refractivity contribution in [2.24, 2.45) is 0 Å². The Kier molecular flexibility index (Phi) is 4.32. The van der Waals surface area contributed by atoms with Gasteiger partial charge in [-0.25, -0.2) is 0 Å². The lowest BCUT2D eigenvalue weighted by atomic mass is 10.2. The van der Waals surface area contributed by atoms with E-state index >= 15 is 0 Å². The van der Waals surface area contributed by atoms with Gasteiger partial charge in [0, 0.05) is 44.1 Å². The molecule has 0 radical (unpaired) electrons. The molecule has 1 aliphatic heterocycles. The molecule has 3 nitrogen and oxygen atoms in total. The van der Waals surface area contributed by atoms with Gasteiger partial charge in [-0.3, -0.25) is 4.79 Å². The quantitative estimate of drug-likeness (QED) is 0.797. The average Bonchev–Trinajstić information content (AvgIpc) is 2.45. The molecule has 1 aliphatic rings. The molecule has 2 rings (SSSR count). The lowest BCUT2D eigenvalue weighted by molar-refractivity contribution is -0.165. The smallest absolute Gasteiger partial charge is 0.374 e. The highest BCUT2D eigenvalue weighted by Crippen LogP contribution is 2.18. The van der Waals surface area contributed by atoms with Crippen molar-refractivity contribution in [2.45, 2.75) is 6.18 Å². The van der Waals surface area contributed by atoms with Crippen LogP contribution in [0.1, 0.15) is 0 Å². The van der Waals surface area contributed by atoms with E-state index in [1.54, 1.807) is 4.90 Å². The third-order valence-corrected chi connectivity index (χ3v) is 3.15. The van der Waals surface area contributed by atoms with E-state index in [1.807, 2.05) is 30.3 Å². The fourth-order valence-electron chi connectivity index (χ4n) is 2.04. The molecule has 0 atom stereocenters. The van der Waals surface area contributed by atoms with E-state index in [1.165, 1.54) is 6.20 Å². The van der Waals surface area contributed by atoms with E-state index in [2.05, 4.69) is 4.90 Å². The summed E-state index contributed by atoms with van der Waals surface area (Å²) in [5.74, 6) is -1.82. The molecule has 6 heteroatoms. The number of anilines is 1. The van der Waals surface area contributed by atoms with E-state index in [-0.39, 0.29) is 0 Å². The predicted molar refractivity (Wildman–Crippen MR) is 70.4 cm³/mol. The van der Waals surface area contributed by atoms with Gasteiger partial charge in [0.05, 0.1) is 0 Å². The standard InChI is InChI=1S/C14H15F3N2O/c15-14(16,17)13(20)6-7-18-8-10-19(11-9-18)12-4-2-1-3-5-12/h1-7H,8-11H2. The van der Waals surface area contributed by atoms with Crippen LogP contribution in [-0.4, -0.2) is 43.0 Å². The van der Waals surface area contributed by atoms with Gasteiger partial charge in [-0.2, -0.15) is 13.2 Å². The maximum absolute atomic E-state index is 12.1. The molecule has 0 spiro atoms. The van der Waals surface area contributed by atoms with Gasteiger partial charge in [0.2, 0.25) is 0 Å². The molecule has 0 bridgehead atoms. The number of alkyl halides is 3.